The fourth-order valence-corrected chi connectivity index (χ4v) is 5.16. The molecule has 0 radical (unpaired) electrons. The van der Waals surface area contributed by atoms with Gasteiger partial charge < -0.3 is 24.9 Å². The number of thiazole rings is 1. The number of carboxylic acids is 1. The van der Waals surface area contributed by atoms with Crippen molar-refractivity contribution in [3.05, 3.63) is 92.9 Å². The molecule has 7 nitrogen and oxygen atoms in total. The van der Waals surface area contributed by atoms with E-state index in [1.807, 2.05) is 40.3 Å². The van der Waals surface area contributed by atoms with Gasteiger partial charge in [0, 0.05) is 62.7 Å². The van der Waals surface area contributed by atoms with Crippen LogP contribution in [-0.2, 0) is 11.3 Å². The Kier molecular flexibility index (Phi) is 8.56. The number of rotatable bonds is 9. The zero-order valence-electron chi connectivity index (χ0n) is 22.2. The fraction of sp³-hybridized carbons (Fsp3) is 0.167. The van der Waals surface area contributed by atoms with Gasteiger partial charge in [-0.15, -0.1) is 17.1 Å². The van der Waals surface area contributed by atoms with Crippen LogP contribution in [0.4, 0.5) is 28.4 Å². The van der Waals surface area contributed by atoms with E-state index in [2.05, 4.69) is 81.1 Å². The summed E-state index contributed by atoms with van der Waals surface area (Å²) in [6.07, 6.45) is 3.41. The summed E-state index contributed by atoms with van der Waals surface area (Å²) in [5.41, 5.74) is 9.35. The Bertz CT molecular complexity index is 1510. The van der Waals surface area contributed by atoms with Crippen molar-refractivity contribution >= 4 is 70.1 Å². The number of carboxylic acid groups (broad SMARTS) is 1. The van der Waals surface area contributed by atoms with Gasteiger partial charge in [-0.25, -0.2) is 0 Å². The molecule has 0 fully saturated rings. The Morgan fingerprint density at radius 1 is 0.821 bits per heavy atom. The molecular weight excluding hydrogens is 528 g/mol. The van der Waals surface area contributed by atoms with Gasteiger partial charge in [0.1, 0.15) is 6.54 Å². The lowest BCUT2D eigenvalue weighted by atomic mass is 10.1. The van der Waals surface area contributed by atoms with Gasteiger partial charge in [-0.3, -0.25) is 9.36 Å². The number of nitrogens with zero attached hydrogens (tertiary/aromatic N) is 4. The topological polar surface area (TPSA) is 72.2 Å². The maximum absolute atomic E-state index is 11.0. The molecule has 1 heterocycles. The average molecular weight is 559 g/mol. The van der Waals surface area contributed by atoms with E-state index >= 15 is 0 Å². The second-order valence-corrected chi connectivity index (χ2v) is 10.9. The lowest BCUT2D eigenvalue weighted by Crippen LogP contribution is -2.12. The smallest absolute Gasteiger partial charge is 0.323 e. The van der Waals surface area contributed by atoms with E-state index < -0.39 is 5.97 Å². The molecule has 200 valence electrons. The zero-order chi connectivity index (χ0) is 28.1. The van der Waals surface area contributed by atoms with E-state index in [0.717, 1.165) is 45.3 Å². The van der Waals surface area contributed by atoms with Crippen molar-refractivity contribution in [3.63, 3.8) is 0 Å². The molecule has 0 aliphatic carbocycles. The molecule has 0 saturated heterocycles. The summed E-state index contributed by atoms with van der Waals surface area (Å²) >= 11 is 6.31. The Hall–Kier alpha value is -4.30. The highest BCUT2D eigenvalue weighted by atomic mass is 32.1. The number of aromatic hydroxyl groups is 1. The van der Waals surface area contributed by atoms with E-state index in [1.165, 1.54) is 4.57 Å². The maximum Gasteiger partial charge on any atom is 0.323 e. The number of benzene rings is 3. The van der Waals surface area contributed by atoms with Crippen LogP contribution in [0.5, 0.6) is 5.88 Å². The standard InChI is InChI=1S/C30H30N4O3S2/c1-31(2)22-12-16-25(17-13-22)34(26-18-14-23(15-19-26)32(3)4)24-10-8-21(9-11-24)6-5-7-27-29(37)33(20-28(35)36)30(38)39-27/h6-19,37H,20H2,1-4H3,(H,35,36). The largest absolute Gasteiger partial charge is 0.493 e. The minimum atomic E-state index is -1.07. The minimum absolute atomic E-state index is 0.167. The number of anilines is 5. The number of hydrogen-bond donors (Lipinski definition) is 2. The zero-order valence-corrected chi connectivity index (χ0v) is 23.8. The van der Waals surface area contributed by atoms with Gasteiger partial charge in [-0.05, 0) is 84.5 Å². The fourth-order valence-electron chi connectivity index (χ4n) is 3.96. The van der Waals surface area contributed by atoms with Gasteiger partial charge in [0.05, 0.1) is 4.88 Å². The highest BCUT2D eigenvalue weighted by Crippen LogP contribution is 2.36. The van der Waals surface area contributed by atoms with Crippen LogP contribution in [-0.4, -0.2) is 48.9 Å². The second-order valence-electron chi connectivity index (χ2n) is 9.24. The lowest BCUT2D eigenvalue weighted by Gasteiger charge is -2.27. The van der Waals surface area contributed by atoms with Crippen LogP contribution in [0.2, 0.25) is 0 Å². The molecular formula is C30H30N4O3S2. The summed E-state index contributed by atoms with van der Waals surface area (Å²) in [5, 5.41) is 19.3. The van der Waals surface area contributed by atoms with Crippen LogP contribution in [0, 0.1) is 3.95 Å². The normalized spacial score (nSPS) is 10.5. The molecule has 4 aromatic rings. The van der Waals surface area contributed by atoms with Crippen molar-refractivity contribution in [1.29, 1.82) is 0 Å². The molecule has 0 aliphatic heterocycles. The predicted octanol–water partition coefficient (Wildman–Crippen LogP) is 7.00. The first-order valence-corrected chi connectivity index (χ1v) is 13.4. The van der Waals surface area contributed by atoms with Gasteiger partial charge in [-0.2, -0.15) is 0 Å². The molecule has 39 heavy (non-hydrogen) atoms. The first-order chi connectivity index (χ1) is 18.6. The monoisotopic (exact) mass is 558 g/mol. The summed E-state index contributed by atoms with van der Waals surface area (Å²) in [6, 6.07) is 25.0. The van der Waals surface area contributed by atoms with Crippen LogP contribution >= 0.6 is 23.6 Å². The van der Waals surface area contributed by atoms with Crippen LogP contribution in [0.3, 0.4) is 0 Å². The third kappa shape index (κ3) is 6.59. The second kappa shape index (κ2) is 12.0. The van der Waals surface area contributed by atoms with Gasteiger partial charge >= 0.3 is 5.97 Å². The van der Waals surface area contributed by atoms with Gasteiger partial charge in [0.2, 0.25) is 5.88 Å². The van der Waals surface area contributed by atoms with E-state index in [9.17, 15) is 9.90 Å². The van der Waals surface area contributed by atoms with Gasteiger partial charge in [0.25, 0.3) is 0 Å². The summed E-state index contributed by atoms with van der Waals surface area (Å²) < 4.78 is 1.49. The molecule has 0 bridgehead atoms. The average Bonchev–Trinajstić information content (AvgIpc) is 3.17. The third-order valence-corrected chi connectivity index (χ3v) is 7.44. The van der Waals surface area contributed by atoms with Crippen molar-refractivity contribution in [2.45, 2.75) is 6.54 Å². The number of aliphatic carboxylic acids is 1. The van der Waals surface area contributed by atoms with E-state index in [4.69, 9.17) is 17.3 Å². The number of aromatic nitrogens is 1. The molecule has 0 aliphatic rings. The SMILES string of the molecule is CN(C)c1ccc(N(c2ccc(C=C=Cc3sc(=S)n(CC(=O)O)c3O)cc2)c2ccc(N(C)C)cc2)cc1. The maximum atomic E-state index is 11.0. The number of carbonyl (C=O) groups is 1. The number of hydrogen-bond acceptors (Lipinski definition) is 7. The van der Waals surface area contributed by atoms with Crippen molar-refractivity contribution < 1.29 is 15.0 Å². The third-order valence-electron chi connectivity index (χ3n) is 6.05. The molecule has 1 aromatic heterocycles. The highest BCUT2D eigenvalue weighted by molar-refractivity contribution is 7.73. The molecule has 3 aromatic carbocycles. The Balaban J connectivity index is 1.64. The lowest BCUT2D eigenvalue weighted by molar-refractivity contribution is -0.137. The molecule has 4 rings (SSSR count). The molecule has 0 unspecified atom stereocenters. The summed E-state index contributed by atoms with van der Waals surface area (Å²) in [7, 11) is 8.10. The van der Waals surface area contributed by atoms with Crippen LogP contribution in [0.15, 0.2) is 78.5 Å². The minimum Gasteiger partial charge on any atom is -0.493 e. The van der Waals surface area contributed by atoms with Crippen molar-refractivity contribution in [1.82, 2.24) is 4.57 Å². The Morgan fingerprint density at radius 3 is 1.69 bits per heavy atom. The van der Waals surface area contributed by atoms with Crippen LogP contribution in [0.1, 0.15) is 10.4 Å². The highest BCUT2D eigenvalue weighted by Gasteiger charge is 2.14. The first-order valence-electron chi connectivity index (χ1n) is 12.2. The van der Waals surface area contributed by atoms with Gasteiger partial charge in [0.15, 0.2) is 3.95 Å². The van der Waals surface area contributed by atoms with Gasteiger partial charge in [-0.1, -0.05) is 12.1 Å². The van der Waals surface area contributed by atoms with Crippen molar-refractivity contribution in [3.8, 4) is 5.88 Å². The Labute approximate surface area is 237 Å². The summed E-state index contributed by atoms with van der Waals surface area (Å²) in [4.78, 5) is 17.8. The van der Waals surface area contributed by atoms with E-state index in [-0.39, 0.29) is 12.4 Å². The summed E-state index contributed by atoms with van der Waals surface area (Å²) in [5.74, 6) is -1.23. The van der Waals surface area contributed by atoms with E-state index in [1.54, 1.807) is 12.2 Å². The predicted molar refractivity (Wildman–Crippen MR) is 165 cm³/mol. The van der Waals surface area contributed by atoms with Crippen LogP contribution < -0.4 is 14.7 Å². The van der Waals surface area contributed by atoms with E-state index in [0.29, 0.717) is 8.83 Å². The molecule has 0 spiro atoms. The molecule has 2 N–H and O–H groups in total. The quantitative estimate of drug-likeness (QED) is 0.169. The Morgan fingerprint density at radius 2 is 1.26 bits per heavy atom. The van der Waals surface area contributed by atoms with Crippen molar-refractivity contribution in [2.24, 2.45) is 0 Å². The van der Waals surface area contributed by atoms with Crippen molar-refractivity contribution in [2.75, 3.05) is 42.9 Å². The summed E-state index contributed by atoms with van der Waals surface area (Å²) in [6.45, 7) is -0.383. The first kappa shape index (κ1) is 27.7. The molecule has 0 amide bonds. The van der Waals surface area contributed by atoms with Crippen LogP contribution in [0.25, 0.3) is 12.2 Å². The molecule has 9 heteroatoms. The molecule has 0 saturated carbocycles. The molecule has 0 atom stereocenters.